The highest BCUT2D eigenvalue weighted by Crippen LogP contribution is 2.35. The van der Waals surface area contributed by atoms with E-state index < -0.39 is 0 Å². The molecule has 1 fully saturated rings. The van der Waals surface area contributed by atoms with Crippen LogP contribution in [0.2, 0.25) is 10.0 Å². The van der Waals surface area contributed by atoms with E-state index in [1.165, 1.54) is 6.42 Å². The Labute approximate surface area is 117 Å². The number of nitrogens with one attached hydrogen (secondary N) is 2. The minimum absolute atomic E-state index is 0.400. The van der Waals surface area contributed by atoms with E-state index in [0.717, 1.165) is 12.3 Å². The van der Waals surface area contributed by atoms with E-state index >= 15 is 0 Å². The van der Waals surface area contributed by atoms with Gasteiger partial charge in [-0.2, -0.15) is 0 Å². The normalized spacial score (nSPS) is 27.3. The fourth-order valence-electron chi connectivity index (χ4n) is 2.41. The van der Waals surface area contributed by atoms with Gasteiger partial charge in [0.25, 0.3) is 0 Å². The number of anilines is 2. The van der Waals surface area contributed by atoms with Gasteiger partial charge in [0.05, 0.1) is 10.0 Å². The molecule has 2 rings (SSSR count). The first kappa shape index (κ1) is 13.7. The number of nitrogens with two attached hydrogens (primary N) is 1. The van der Waals surface area contributed by atoms with Gasteiger partial charge in [0.2, 0.25) is 0 Å². The zero-order valence-corrected chi connectivity index (χ0v) is 12.0. The molecule has 100 valence electrons. The average Bonchev–Trinajstić information content (AvgIpc) is 2.64. The summed E-state index contributed by atoms with van der Waals surface area (Å²) in [6, 6.07) is 2.05. The molecule has 1 aromatic rings. The molecule has 6 heteroatoms. The van der Waals surface area contributed by atoms with Gasteiger partial charge < -0.3 is 10.7 Å². The highest BCUT2D eigenvalue weighted by atomic mass is 35.5. The van der Waals surface area contributed by atoms with E-state index in [4.69, 9.17) is 29.0 Å². The second-order valence-corrected chi connectivity index (χ2v) is 5.77. The van der Waals surface area contributed by atoms with Crippen LogP contribution < -0.4 is 16.6 Å². The standard InChI is InChI=1S/C12H18Cl2N4/c1-6-3-4-10(7(6)2)16-11-8(13)5-9(14)12(17-11)18-15/h5-7,10H,3-4,15H2,1-2H3,(H2,16,17,18). The van der Waals surface area contributed by atoms with Crippen LogP contribution in [-0.2, 0) is 0 Å². The van der Waals surface area contributed by atoms with Gasteiger partial charge in [-0.15, -0.1) is 0 Å². The fourth-order valence-corrected chi connectivity index (χ4v) is 2.88. The lowest BCUT2D eigenvalue weighted by molar-refractivity contribution is 0.435. The molecule has 0 amide bonds. The number of nitrogens with zero attached hydrogens (tertiary/aromatic N) is 1. The maximum Gasteiger partial charge on any atom is 0.161 e. The van der Waals surface area contributed by atoms with E-state index in [1.807, 2.05) is 0 Å². The van der Waals surface area contributed by atoms with Crippen molar-refractivity contribution in [2.24, 2.45) is 17.7 Å². The summed E-state index contributed by atoms with van der Waals surface area (Å²) in [4.78, 5) is 4.30. The summed E-state index contributed by atoms with van der Waals surface area (Å²) < 4.78 is 0. The van der Waals surface area contributed by atoms with Gasteiger partial charge in [0.15, 0.2) is 5.82 Å². The predicted molar refractivity (Wildman–Crippen MR) is 77.0 cm³/mol. The number of rotatable bonds is 3. The molecule has 18 heavy (non-hydrogen) atoms. The van der Waals surface area contributed by atoms with Crippen LogP contribution in [-0.4, -0.2) is 11.0 Å². The Hall–Kier alpha value is -0.710. The molecule has 0 saturated heterocycles. The highest BCUT2D eigenvalue weighted by molar-refractivity contribution is 6.37. The van der Waals surface area contributed by atoms with Crippen LogP contribution >= 0.6 is 23.2 Å². The van der Waals surface area contributed by atoms with E-state index in [1.54, 1.807) is 6.07 Å². The molecule has 0 aromatic carbocycles. The van der Waals surface area contributed by atoms with Gasteiger partial charge in [-0.3, -0.25) is 0 Å². The molecular formula is C12H18Cl2N4. The van der Waals surface area contributed by atoms with Gasteiger partial charge in [0.1, 0.15) is 5.82 Å². The van der Waals surface area contributed by atoms with Crippen LogP contribution in [0.3, 0.4) is 0 Å². The number of pyridine rings is 1. The largest absolute Gasteiger partial charge is 0.366 e. The first-order valence-corrected chi connectivity index (χ1v) is 6.87. The van der Waals surface area contributed by atoms with Crippen LogP contribution in [0.5, 0.6) is 0 Å². The first-order chi connectivity index (χ1) is 8.52. The maximum atomic E-state index is 6.14. The van der Waals surface area contributed by atoms with Crippen molar-refractivity contribution in [3.05, 3.63) is 16.1 Å². The van der Waals surface area contributed by atoms with E-state index in [2.05, 4.69) is 29.6 Å². The van der Waals surface area contributed by atoms with Crippen molar-refractivity contribution in [3.63, 3.8) is 0 Å². The molecule has 1 saturated carbocycles. The average molecular weight is 289 g/mol. The Bertz CT molecular complexity index is 438. The molecule has 1 aliphatic carbocycles. The summed E-state index contributed by atoms with van der Waals surface area (Å²) >= 11 is 12.1. The van der Waals surface area contributed by atoms with Crippen LogP contribution in [0.4, 0.5) is 11.6 Å². The summed E-state index contributed by atoms with van der Waals surface area (Å²) in [6.45, 7) is 4.53. The summed E-state index contributed by atoms with van der Waals surface area (Å²) in [5, 5.41) is 4.33. The second kappa shape index (κ2) is 5.51. The predicted octanol–water partition coefficient (Wildman–Crippen LogP) is 3.52. The molecule has 0 bridgehead atoms. The molecule has 3 atom stereocenters. The van der Waals surface area contributed by atoms with Crippen molar-refractivity contribution in [1.29, 1.82) is 0 Å². The van der Waals surface area contributed by atoms with Crippen molar-refractivity contribution in [1.82, 2.24) is 4.98 Å². The fraction of sp³-hybridized carbons (Fsp3) is 0.583. The molecule has 3 unspecified atom stereocenters. The highest BCUT2D eigenvalue weighted by Gasteiger charge is 2.30. The zero-order chi connectivity index (χ0) is 13.3. The zero-order valence-electron chi connectivity index (χ0n) is 10.5. The van der Waals surface area contributed by atoms with Crippen molar-refractivity contribution in [2.45, 2.75) is 32.7 Å². The topological polar surface area (TPSA) is 63.0 Å². The number of hydrogen-bond acceptors (Lipinski definition) is 4. The molecule has 0 aliphatic heterocycles. The van der Waals surface area contributed by atoms with Crippen LogP contribution in [0.1, 0.15) is 26.7 Å². The van der Waals surface area contributed by atoms with Gasteiger partial charge >= 0.3 is 0 Å². The maximum absolute atomic E-state index is 6.14. The van der Waals surface area contributed by atoms with Gasteiger partial charge in [-0.1, -0.05) is 37.0 Å². The van der Waals surface area contributed by atoms with Crippen molar-refractivity contribution < 1.29 is 0 Å². The van der Waals surface area contributed by atoms with Gasteiger partial charge in [0, 0.05) is 6.04 Å². The molecular weight excluding hydrogens is 271 g/mol. The third-order valence-corrected chi connectivity index (χ3v) is 4.43. The van der Waals surface area contributed by atoms with Gasteiger partial charge in [-0.25, -0.2) is 10.8 Å². The van der Waals surface area contributed by atoms with E-state index in [9.17, 15) is 0 Å². The van der Waals surface area contributed by atoms with Crippen LogP contribution in [0.15, 0.2) is 6.07 Å². The van der Waals surface area contributed by atoms with Crippen LogP contribution in [0, 0.1) is 11.8 Å². The minimum Gasteiger partial charge on any atom is -0.366 e. The molecule has 1 aromatic heterocycles. The van der Waals surface area contributed by atoms with E-state index in [-0.39, 0.29) is 0 Å². The third kappa shape index (κ3) is 2.66. The summed E-state index contributed by atoms with van der Waals surface area (Å²) in [7, 11) is 0. The molecule has 0 spiro atoms. The quantitative estimate of drug-likeness (QED) is 0.588. The summed E-state index contributed by atoms with van der Waals surface area (Å²) in [6.07, 6.45) is 2.36. The Morgan fingerprint density at radius 3 is 2.44 bits per heavy atom. The number of hydrogen-bond donors (Lipinski definition) is 3. The number of halogens is 2. The Kier molecular flexibility index (Phi) is 4.20. The lowest BCUT2D eigenvalue weighted by atomic mass is 9.98. The summed E-state index contributed by atoms with van der Waals surface area (Å²) in [5.74, 6) is 7.76. The number of hydrazine groups is 1. The SMILES string of the molecule is CC1CCC(Nc2nc(NN)c(Cl)cc2Cl)C1C. The lowest BCUT2D eigenvalue weighted by Gasteiger charge is -2.21. The van der Waals surface area contributed by atoms with Crippen LogP contribution in [0.25, 0.3) is 0 Å². The number of nitrogen functional groups attached to an aromatic ring is 1. The molecule has 1 heterocycles. The van der Waals surface area contributed by atoms with E-state index in [0.29, 0.717) is 33.6 Å². The second-order valence-electron chi connectivity index (χ2n) is 4.96. The van der Waals surface area contributed by atoms with Crippen molar-refractivity contribution in [3.8, 4) is 0 Å². The molecule has 1 aliphatic rings. The van der Waals surface area contributed by atoms with Gasteiger partial charge in [-0.05, 0) is 30.7 Å². The third-order valence-electron chi connectivity index (χ3n) is 3.85. The Balaban J connectivity index is 2.19. The lowest BCUT2D eigenvalue weighted by Crippen LogP contribution is -2.25. The Morgan fingerprint density at radius 2 is 1.89 bits per heavy atom. The minimum atomic E-state index is 0.400. The van der Waals surface area contributed by atoms with Crippen molar-refractivity contribution >= 4 is 34.8 Å². The summed E-state index contributed by atoms with van der Waals surface area (Å²) in [5.41, 5.74) is 2.47. The first-order valence-electron chi connectivity index (χ1n) is 6.12. The molecule has 0 radical (unpaired) electrons. The Morgan fingerprint density at radius 1 is 1.22 bits per heavy atom. The van der Waals surface area contributed by atoms with Crippen molar-refractivity contribution in [2.75, 3.05) is 10.7 Å². The monoisotopic (exact) mass is 288 g/mol. The smallest absolute Gasteiger partial charge is 0.161 e. The molecule has 4 N–H and O–H groups in total. The number of aromatic nitrogens is 1. The molecule has 4 nitrogen and oxygen atoms in total.